The third-order valence-electron chi connectivity index (χ3n) is 5.80. The molecule has 0 bridgehead atoms. The molecule has 0 aromatic carbocycles. The zero-order valence-corrected chi connectivity index (χ0v) is 15.3. The van der Waals surface area contributed by atoms with E-state index >= 15 is 0 Å². The first-order chi connectivity index (χ1) is 11.7. The van der Waals surface area contributed by atoms with Gasteiger partial charge in [-0.2, -0.15) is 0 Å². The van der Waals surface area contributed by atoms with Crippen LogP contribution in [0.3, 0.4) is 0 Å². The topological polar surface area (TPSA) is 56.7 Å². The van der Waals surface area contributed by atoms with Crippen LogP contribution in [0.5, 0.6) is 0 Å². The Kier molecular flexibility index (Phi) is 6.01. The minimum atomic E-state index is 0.341. The Hall–Kier alpha value is -1.26. The molecule has 5 heteroatoms. The predicted octanol–water partition coefficient (Wildman–Crippen LogP) is 2.52. The second kappa shape index (κ2) is 8.21. The van der Waals surface area contributed by atoms with Crippen LogP contribution in [0.15, 0.2) is 4.99 Å². The first-order valence-electron chi connectivity index (χ1n) is 10.0. The van der Waals surface area contributed by atoms with Gasteiger partial charge in [-0.25, -0.2) is 0 Å². The Morgan fingerprint density at radius 2 is 2.08 bits per heavy atom. The largest absolute Gasteiger partial charge is 0.357 e. The number of likely N-dealkylation sites (tertiary alicyclic amines) is 1. The number of guanidine groups is 1. The lowest BCUT2D eigenvalue weighted by molar-refractivity contribution is -0.130. The van der Waals surface area contributed by atoms with Crippen molar-refractivity contribution < 1.29 is 4.79 Å². The highest BCUT2D eigenvalue weighted by molar-refractivity contribution is 5.79. The van der Waals surface area contributed by atoms with Crippen molar-refractivity contribution in [3.05, 3.63) is 0 Å². The van der Waals surface area contributed by atoms with Gasteiger partial charge in [-0.3, -0.25) is 9.79 Å². The third-order valence-corrected chi connectivity index (χ3v) is 5.80. The molecule has 1 saturated heterocycles. The summed E-state index contributed by atoms with van der Waals surface area (Å²) in [6, 6.07) is 0. The molecule has 0 unspecified atom stereocenters. The summed E-state index contributed by atoms with van der Waals surface area (Å²) in [5.41, 5.74) is 0.556. The molecule has 1 aliphatic heterocycles. The monoisotopic (exact) mass is 334 g/mol. The van der Waals surface area contributed by atoms with Crippen LogP contribution in [-0.2, 0) is 4.79 Å². The number of amides is 1. The van der Waals surface area contributed by atoms with E-state index in [9.17, 15) is 4.79 Å². The van der Waals surface area contributed by atoms with Gasteiger partial charge in [-0.15, -0.1) is 0 Å². The van der Waals surface area contributed by atoms with Gasteiger partial charge in [0.2, 0.25) is 5.91 Å². The molecule has 2 N–H and O–H groups in total. The van der Waals surface area contributed by atoms with Gasteiger partial charge in [0, 0.05) is 39.1 Å². The van der Waals surface area contributed by atoms with Crippen molar-refractivity contribution in [2.45, 2.75) is 64.7 Å². The first-order valence-corrected chi connectivity index (χ1v) is 10.0. The van der Waals surface area contributed by atoms with E-state index in [1.54, 1.807) is 0 Å². The van der Waals surface area contributed by atoms with E-state index in [0.717, 1.165) is 70.3 Å². The molecule has 1 heterocycles. The fourth-order valence-corrected chi connectivity index (χ4v) is 3.88. The molecule has 3 rings (SSSR count). The highest BCUT2D eigenvalue weighted by Gasteiger charge is 2.53. The van der Waals surface area contributed by atoms with E-state index in [2.05, 4.69) is 17.6 Å². The fourth-order valence-electron chi connectivity index (χ4n) is 3.88. The minimum absolute atomic E-state index is 0.341. The van der Waals surface area contributed by atoms with E-state index in [1.165, 1.54) is 32.1 Å². The van der Waals surface area contributed by atoms with Crippen LogP contribution in [0.1, 0.15) is 64.7 Å². The van der Waals surface area contributed by atoms with Gasteiger partial charge in [0.15, 0.2) is 5.96 Å². The van der Waals surface area contributed by atoms with Crippen LogP contribution < -0.4 is 10.6 Å². The number of hydrogen-bond donors (Lipinski definition) is 2. The molecule has 0 aromatic rings. The summed E-state index contributed by atoms with van der Waals surface area (Å²) >= 11 is 0. The number of nitrogens with zero attached hydrogens (tertiary/aromatic N) is 2. The highest BCUT2D eigenvalue weighted by Crippen LogP contribution is 2.61. The Labute approximate surface area is 146 Å². The summed E-state index contributed by atoms with van der Waals surface area (Å²) in [4.78, 5) is 18.9. The fraction of sp³-hybridized carbons (Fsp3) is 0.895. The summed E-state index contributed by atoms with van der Waals surface area (Å²) in [5, 5.41) is 6.81. The lowest BCUT2D eigenvalue weighted by Crippen LogP contribution is -2.40. The number of hydrogen-bond acceptors (Lipinski definition) is 2. The van der Waals surface area contributed by atoms with Gasteiger partial charge in [0.1, 0.15) is 0 Å². The van der Waals surface area contributed by atoms with Crippen molar-refractivity contribution in [3.8, 4) is 0 Å². The Balaban J connectivity index is 1.38. The maximum Gasteiger partial charge on any atom is 0.222 e. The van der Waals surface area contributed by atoms with Crippen molar-refractivity contribution in [1.29, 1.82) is 0 Å². The standard InChI is InChI=1S/C19H34N4O/c1-2-20-18(22-15-19(10-11-19)16-8-9-16)21-12-6-14-23-13-5-3-4-7-17(23)24/h16H,2-15H2,1H3,(H2,20,21,22). The van der Waals surface area contributed by atoms with Crippen LogP contribution in [0, 0.1) is 11.3 Å². The Morgan fingerprint density at radius 3 is 2.79 bits per heavy atom. The van der Waals surface area contributed by atoms with Gasteiger partial charge >= 0.3 is 0 Å². The number of carbonyl (C=O) groups is 1. The molecule has 24 heavy (non-hydrogen) atoms. The summed E-state index contributed by atoms with van der Waals surface area (Å²) < 4.78 is 0. The maximum atomic E-state index is 12.0. The normalized spacial score (nSPS) is 23.8. The molecule has 5 nitrogen and oxygen atoms in total. The van der Waals surface area contributed by atoms with Crippen molar-refractivity contribution in [2.75, 3.05) is 32.7 Å². The molecule has 0 radical (unpaired) electrons. The zero-order chi connectivity index (χ0) is 16.8. The van der Waals surface area contributed by atoms with E-state index in [-0.39, 0.29) is 0 Å². The summed E-state index contributed by atoms with van der Waals surface area (Å²) in [6.45, 7) is 6.69. The molecule has 0 aromatic heterocycles. The molecule has 0 atom stereocenters. The molecule has 1 amide bonds. The van der Waals surface area contributed by atoms with Crippen molar-refractivity contribution in [3.63, 3.8) is 0 Å². The maximum absolute atomic E-state index is 12.0. The average molecular weight is 335 g/mol. The Morgan fingerprint density at radius 1 is 1.25 bits per heavy atom. The zero-order valence-electron chi connectivity index (χ0n) is 15.3. The van der Waals surface area contributed by atoms with Crippen molar-refractivity contribution in [1.82, 2.24) is 15.5 Å². The molecule has 136 valence electrons. The number of aliphatic imine (C=N–C) groups is 1. The van der Waals surface area contributed by atoms with E-state index in [0.29, 0.717) is 11.3 Å². The first kappa shape index (κ1) is 17.6. The summed E-state index contributed by atoms with van der Waals surface area (Å²) in [6.07, 6.45) is 10.7. The van der Waals surface area contributed by atoms with Crippen LogP contribution in [0.2, 0.25) is 0 Å². The number of carbonyl (C=O) groups excluding carboxylic acids is 1. The molecule has 2 saturated carbocycles. The van der Waals surface area contributed by atoms with Crippen LogP contribution >= 0.6 is 0 Å². The highest BCUT2D eigenvalue weighted by atomic mass is 16.2. The average Bonchev–Trinajstić information content (AvgIpc) is 3.45. The van der Waals surface area contributed by atoms with E-state index in [1.807, 2.05) is 4.90 Å². The van der Waals surface area contributed by atoms with Gasteiger partial charge in [-0.05, 0) is 63.2 Å². The quantitative estimate of drug-likeness (QED) is 0.407. The predicted molar refractivity (Wildman–Crippen MR) is 98.0 cm³/mol. The summed E-state index contributed by atoms with van der Waals surface area (Å²) in [7, 11) is 0. The van der Waals surface area contributed by atoms with Gasteiger partial charge < -0.3 is 15.5 Å². The molecular weight excluding hydrogens is 300 g/mol. The molecule has 3 aliphatic rings. The van der Waals surface area contributed by atoms with Gasteiger partial charge in [-0.1, -0.05) is 6.42 Å². The third kappa shape index (κ3) is 4.87. The van der Waals surface area contributed by atoms with Crippen LogP contribution in [0.4, 0.5) is 0 Å². The second-order valence-corrected chi connectivity index (χ2v) is 7.80. The molecular formula is C19H34N4O. The molecule has 2 aliphatic carbocycles. The summed E-state index contributed by atoms with van der Waals surface area (Å²) in [5.74, 6) is 2.25. The van der Waals surface area contributed by atoms with Crippen LogP contribution in [0.25, 0.3) is 0 Å². The van der Waals surface area contributed by atoms with Gasteiger partial charge in [0.05, 0.1) is 0 Å². The molecule has 3 fully saturated rings. The Bertz CT molecular complexity index is 454. The van der Waals surface area contributed by atoms with Crippen molar-refractivity contribution in [2.24, 2.45) is 16.3 Å². The van der Waals surface area contributed by atoms with Crippen LogP contribution in [-0.4, -0.2) is 49.5 Å². The minimum Gasteiger partial charge on any atom is -0.357 e. The van der Waals surface area contributed by atoms with E-state index in [4.69, 9.17) is 4.99 Å². The van der Waals surface area contributed by atoms with Gasteiger partial charge in [0.25, 0.3) is 0 Å². The smallest absolute Gasteiger partial charge is 0.222 e. The van der Waals surface area contributed by atoms with E-state index < -0.39 is 0 Å². The lowest BCUT2D eigenvalue weighted by atomic mass is 10.0. The second-order valence-electron chi connectivity index (χ2n) is 7.80. The number of nitrogens with one attached hydrogen (secondary N) is 2. The number of rotatable bonds is 8. The SMILES string of the molecule is CCNC(=NCC1(C2CC2)CC1)NCCCN1CCCCCC1=O. The van der Waals surface area contributed by atoms with Crippen molar-refractivity contribution >= 4 is 11.9 Å². The molecule has 0 spiro atoms. The lowest BCUT2D eigenvalue weighted by Gasteiger charge is -2.21.